The minimum atomic E-state index is -0.399. The number of carbonyl (C=O) groups is 2. The Hall–Kier alpha value is -3.51. The number of aromatic nitrogens is 5. The van der Waals surface area contributed by atoms with E-state index in [-0.39, 0.29) is 12.3 Å². The van der Waals surface area contributed by atoms with Gasteiger partial charge in [0, 0.05) is 19.4 Å². The fourth-order valence-electron chi connectivity index (χ4n) is 3.06. The number of primary amides is 1. The number of rotatable bonds is 11. The van der Waals surface area contributed by atoms with Crippen LogP contribution in [0.4, 0.5) is 0 Å². The number of nitrogens with zero attached hydrogens (tertiary/aromatic N) is 5. The van der Waals surface area contributed by atoms with E-state index in [1.165, 1.54) is 28.7 Å². The van der Waals surface area contributed by atoms with Gasteiger partial charge >= 0.3 is 0 Å². The molecule has 0 aliphatic rings. The summed E-state index contributed by atoms with van der Waals surface area (Å²) in [5.41, 5.74) is 7.47. The van der Waals surface area contributed by atoms with Crippen molar-refractivity contribution in [3.63, 3.8) is 0 Å². The van der Waals surface area contributed by atoms with Gasteiger partial charge in [-0.3, -0.25) is 14.2 Å². The molecule has 0 saturated heterocycles. The van der Waals surface area contributed by atoms with E-state index in [0.717, 1.165) is 11.3 Å². The molecule has 3 aromatic heterocycles. The fraction of sp³-hybridized carbons (Fsp3) is 0.273. The van der Waals surface area contributed by atoms with Crippen LogP contribution in [-0.4, -0.2) is 36.8 Å². The largest absolute Gasteiger partial charge is 0.467 e. The maximum absolute atomic E-state index is 12.4. The monoisotopic (exact) mass is 497 g/mol. The van der Waals surface area contributed by atoms with Gasteiger partial charge in [-0.15, -0.1) is 20.4 Å². The molecule has 0 fully saturated rings. The zero-order chi connectivity index (χ0) is 23.9. The van der Waals surface area contributed by atoms with Crippen molar-refractivity contribution in [3.8, 4) is 0 Å². The Morgan fingerprint density at radius 2 is 1.97 bits per heavy atom. The van der Waals surface area contributed by atoms with Crippen LogP contribution < -0.4 is 11.1 Å². The number of aryl methyl sites for hydroxylation is 2. The normalized spacial score (nSPS) is 11.0. The smallest absolute Gasteiger partial charge is 0.282 e. The summed E-state index contributed by atoms with van der Waals surface area (Å²) in [5.74, 6) is 1.19. The second-order valence-corrected chi connectivity index (χ2v) is 9.49. The Kier molecular flexibility index (Phi) is 7.70. The molecular weight excluding hydrogens is 474 g/mol. The first kappa shape index (κ1) is 23.6. The zero-order valence-corrected chi connectivity index (χ0v) is 20.1. The van der Waals surface area contributed by atoms with Gasteiger partial charge in [0.2, 0.25) is 10.9 Å². The molecule has 3 N–H and O–H groups in total. The van der Waals surface area contributed by atoms with Crippen LogP contribution in [0.15, 0.2) is 52.2 Å². The number of hydrogen-bond donors (Lipinski definition) is 2. The predicted molar refractivity (Wildman–Crippen MR) is 127 cm³/mol. The number of hydrogen-bond acceptors (Lipinski definition) is 9. The highest BCUT2D eigenvalue weighted by atomic mass is 32.2. The number of carbonyl (C=O) groups excluding carboxylic acids is 2. The van der Waals surface area contributed by atoms with Crippen molar-refractivity contribution < 1.29 is 14.0 Å². The summed E-state index contributed by atoms with van der Waals surface area (Å²) in [4.78, 5) is 23.7. The first-order chi connectivity index (χ1) is 16.5. The van der Waals surface area contributed by atoms with Crippen LogP contribution in [0.25, 0.3) is 0 Å². The zero-order valence-electron chi connectivity index (χ0n) is 18.4. The van der Waals surface area contributed by atoms with Crippen LogP contribution >= 0.6 is 23.1 Å². The molecule has 3 heterocycles. The molecule has 0 aliphatic carbocycles. The van der Waals surface area contributed by atoms with Crippen molar-refractivity contribution in [1.82, 2.24) is 30.3 Å². The molecule has 4 aromatic rings. The second kappa shape index (κ2) is 11.1. The quantitative estimate of drug-likeness (QED) is 0.301. The SMILES string of the molecule is Cc1ccc(CNC(=O)c2nnc(CSc3nnc(CCC(N)=O)n3Cc3ccco3)s2)cc1. The molecule has 1 aromatic carbocycles. The first-order valence-corrected chi connectivity index (χ1v) is 12.3. The minimum Gasteiger partial charge on any atom is -0.467 e. The lowest BCUT2D eigenvalue weighted by Crippen LogP contribution is -2.22. The summed E-state index contributed by atoms with van der Waals surface area (Å²) in [7, 11) is 0. The molecule has 0 saturated carbocycles. The van der Waals surface area contributed by atoms with E-state index in [1.54, 1.807) is 6.26 Å². The molecule has 2 amide bonds. The topological polar surface area (TPSA) is 142 Å². The summed E-state index contributed by atoms with van der Waals surface area (Å²) < 4.78 is 7.35. The van der Waals surface area contributed by atoms with Crippen LogP contribution in [0, 0.1) is 6.92 Å². The Morgan fingerprint density at radius 1 is 1.15 bits per heavy atom. The minimum absolute atomic E-state index is 0.179. The lowest BCUT2D eigenvalue weighted by molar-refractivity contribution is -0.118. The maximum Gasteiger partial charge on any atom is 0.282 e. The number of thioether (sulfide) groups is 1. The van der Waals surface area contributed by atoms with E-state index in [2.05, 4.69) is 25.7 Å². The Labute approximate surface area is 204 Å². The summed E-state index contributed by atoms with van der Waals surface area (Å²) in [6.07, 6.45) is 2.16. The molecule has 0 spiro atoms. The molecule has 176 valence electrons. The van der Waals surface area contributed by atoms with Gasteiger partial charge < -0.3 is 15.5 Å². The standard InChI is InChI=1S/C22H23N7O3S2/c1-14-4-6-15(7-5-14)11-24-20(31)21-27-26-19(34-21)13-33-22-28-25-18(9-8-17(23)30)29(22)12-16-3-2-10-32-16/h2-7,10H,8-9,11-13H2,1H3,(H2,23,30)(H,24,31). The van der Waals surface area contributed by atoms with Crippen LogP contribution in [0.2, 0.25) is 0 Å². The number of benzene rings is 1. The molecule has 0 unspecified atom stereocenters. The number of nitrogens with two attached hydrogens (primary N) is 1. The van der Waals surface area contributed by atoms with Gasteiger partial charge in [0.25, 0.3) is 5.91 Å². The number of furan rings is 1. The average Bonchev–Trinajstić information content (AvgIpc) is 3.58. The average molecular weight is 498 g/mol. The fourth-order valence-corrected chi connectivity index (χ4v) is 4.76. The summed E-state index contributed by atoms with van der Waals surface area (Å²) >= 11 is 2.66. The van der Waals surface area contributed by atoms with E-state index >= 15 is 0 Å². The molecule has 0 aliphatic heterocycles. The number of amides is 2. The Bertz CT molecular complexity index is 1250. The van der Waals surface area contributed by atoms with Gasteiger partial charge in [0.05, 0.1) is 18.6 Å². The second-order valence-electron chi connectivity index (χ2n) is 7.49. The molecular formula is C22H23N7O3S2. The highest BCUT2D eigenvalue weighted by Crippen LogP contribution is 2.25. The molecule has 4 rings (SSSR count). The van der Waals surface area contributed by atoms with Crippen molar-refractivity contribution >= 4 is 34.9 Å². The highest BCUT2D eigenvalue weighted by molar-refractivity contribution is 7.98. The van der Waals surface area contributed by atoms with E-state index in [1.807, 2.05) is 47.9 Å². The van der Waals surface area contributed by atoms with Crippen molar-refractivity contribution in [2.45, 2.75) is 43.8 Å². The molecule has 34 heavy (non-hydrogen) atoms. The van der Waals surface area contributed by atoms with E-state index in [4.69, 9.17) is 10.2 Å². The first-order valence-electron chi connectivity index (χ1n) is 10.5. The number of nitrogens with one attached hydrogen (secondary N) is 1. The van der Waals surface area contributed by atoms with Crippen LogP contribution in [0.1, 0.15) is 43.9 Å². The van der Waals surface area contributed by atoms with E-state index in [9.17, 15) is 9.59 Å². The third kappa shape index (κ3) is 6.29. The third-order valence-electron chi connectivity index (χ3n) is 4.84. The molecule has 0 atom stereocenters. The third-order valence-corrected chi connectivity index (χ3v) is 6.92. The van der Waals surface area contributed by atoms with Gasteiger partial charge in [-0.05, 0) is 24.6 Å². The summed E-state index contributed by atoms with van der Waals surface area (Å²) in [5, 5.41) is 21.2. The van der Waals surface area contributed by atoms with Crippen LogP contribution in [0.3, 0.4) is 0 Å². The van der Waals surface area contributed by atoms with Crippen molar-refractivity contribution in [3.05, 3.63) is 75.4 Å². The Balaban J connectivity index is 1.38. The maximum atomic E-state index is 12.4. The van der Waals surface area contributed by atoms with Gasteiger partial charge in [-0.1, -0.05) is 52.9 Å². The lowest BCUT2D eigenvalue weighted by Gasteiger charge is -2.07. The highest BCUT2D eigenvalue weighted by Gasteiger charge is 2.17. The Morgan fingerprint density at radius 3 is 2.71 bits per heavy atom. The van der Waals surface area contributed by atoms with E-state index < -0.39 is 5.91 Å². The van der Waals surface area contributed by atoms with Gasteiger partial charge in [-0.2, -0.15) is 0 Å². The predicted octanol–water partition coefficient (Wildman–Crippen LogP) is 2.72. The summed E-state index contributed by atoms with van der Waals surface area (Å²) in [6, 6.07) is 11.6. The molecule has 0 bridgehead atoms. The van der Waals surface area contributed by atoms with Gasteiger partial charge in [0.15, 0.2) is 5.16 Å². The van der Waals surface area contributed by atoms with Gasteiger partial charge in [-0.25, -0.2) is 0 Å². The van der Waals surface area contributed by atoms with Crippen molar-refractivity contribution in [2.24, 2.45) is 5.73 Å². The van der Waals surface area contributed by atoms with Crippen LogP contribution in [0.5, 0.6) is 0 Å². The molecule has 0 radical (unpaired) electrons. The van der Waals surface area contributed by atoms with Crippen molar-refractivity contribution in [2.75, 3.05) is 0 Å². The van der Waals surface area contributed by atoms with Crippen LogP contribution in [-0.2, 0) is 30.1 Å². The molecule has 12 heteroatoms. The lowest BCUT2D eigenvalue weighted by atomic mass is 10.1. The van der Waals surface area contributed by atoms with Gasteiger partial charge in [0.1, 0.15) is 16.6 Å². The molecule has 10 nitrogen and oxygen atoms in total. The van der Waals surface area contributed by atoms with E-state index in [0.29, 0.717) is 46.3 Å². The summed E-state index contributed by atoms with van der Waals surface area (Å²) in [6.45, 7) is 2.87. The van der Waals surface area contributed by atoms with Crippen molar-refractivity contribution in [1.29, 1.82) is 0 Å².